The van der Waals surface area contributed by atoms with E-state index in [-0.39, 0.29) is 6.16 Å². The molecule has 0 spiro atoms. The molecule has 1 unspecified atom stereocenters. The molecule has 0 aromatic heterocycles. The van der Waals surface area contributed by atoms with Crippen molar-refractivity contribution in [2.75, 3.05) is 19.9 Å². The predicted molar refractivity (Wildman–Crippen MR) is 161 cm³/mol. The van der Waals surface area contributed by atoms with Gasteiger partial charge in [-0.25, -0.2) is 0 Å². The zero-order valence-electron chi connectivity index (χ0n) is 25.0. The van der Waals surface area contributed by atoms with Crippen LogP contribution in [-0.2, 0) is 17.5 Å². The van der Waals surface area contributed by atoms with E-state index in [0.29, 0.717) is 30.2 Å². The summed E-state index contributed by atoms with van der Waals surface area (Å²) in [7, 11) is -7.50. The van der Waals surface area contributed by atoms with Crippen LogP contribution in [0.25, 0.3) is 0 Å². The molecule has 2 rings (SSSR count). The van der Waals surface area contributed by atoms with Crippen molar-refractivity contribution in [1.82, 2.24) is 0 Å². The van der Waals surface area contributed by atoms with Crippen molar-refractivity contribution >= 4 is 35.3 Å². The lowest BCUT2D eigenvalue weighted by Crippen LogP contribution is -2.50. The fraction of sp³-hybridized carbons (Fsp3) is 0.517. The minimum Gasteiger partial charge on any atom is -0.415 e. The minimum absolute atomic E-state index is 0.0296. The maximum Gasteiger partial charge on any atom is 0.326 e. The summed E-state index contributed by atoms with van der Waals surface area (Å²) in [6, 6.07) is 8.12. The fourth-order valence-electron chi connectivity index (χ4n) is 5.33. The first-order valence-corrected chi connectivity index (χ1v) is 20.5. The minimum atomic E-state index is -4.03. The molecule has 6 nitrogen and oxygen atoms in total. The molecule has 0 amide bonds. The monoisotopic (exact) mass is 576 g/mol. The number of aryl methyl sites for hydroxylation is 6. The summed E-state index contributed by atoms with van der Waals surface area (Å²) < 4.78 is 32.9. The molecule has 0 aliphatic carbocycles. The molecule has 0 aliphatic rings. The third-order valence-electron chi connectivity index (χ3n) is 6.94. The number of carbonyl (C=O) groups excluding carboxylic acids is 2. The molecule has 0 N–H and O–H groups in total. The second kappa shape index (κ2) is 12.7. The van der Waals surface area contributed by atoms with Crippen LogP contribution >= 0.6 is 7.14 Å². The van der Waals surface area contributed by atoms with Gasteiger partial charge in [-0.05, 0) is 103 Å². The Morgan fingerprint density at radius 1 is 0.789 bits per heavy atom. The molecule has 0 saturated heterocycles. The van der Waals surface area contributed by atoms with Crippen molar-refractivity contribution < 1.29 is 27.1 Å². The van der Waals surface area contributed by atoms with E-state index in [9.17, 15) is 14.2 Å². The van der Waals surface area contributed by atoms with E-state index in [1.807, 2.05) is 92.4 Å². The van der Waals surface area contributed by atoms with E-state index >= 15 is 0 Å². The van der Waals surface area contributed by atoms with Crippen LogP contribution in [0.1, 0.15) is 67.4 Å². The number of hydrogen-bond acceptors (Lipinski definition) is 6. The molecule has 0 aliphatic heterocycles. The Morgan fingerprint density at radius 2 is 1.18 bits per heavy atom. The van der Waals surface area contributed by atoms with Gasteiger partial charge in [0.05, 0.1) is 0 Å². The molecule has 0 bridgehead atoms. The fourth-order valence-corrected chi connectivity index (χ4v) is 15.0. The van der Waals surface area contributed by atoms with Crippen LogP contribution in [-0.4, -0.2) is 48.0 Å². The van der Waals surface area contributed by atoms with Crippen LogP contribution in [0.5, 0.6) is 0 Å². The van der Waals surface area contributed by atoms with Gasteiger partial charge in [0.1, 0.15) is 0 Å². The Kier molecular flexibility index (Phi) is 10.8. The lowest BCUT2D eigenvalue weighted by Gasteiger charge is -2.34. The normalized spacial score (nSPS) is 13.9. The van der Waals surface area contributed by atoms with E-state index in [1.165, 1.54) is 0 Å². The van der Waals surface area contributed by atoms with Crippen LogP contribution < -0.4 is 0 Å². The third-order valence-corrected chi connectivity index (χ3v) is 16.5. The van der Waals surface area contributed by atoms with Crippen LogP contribution in [0.15, 0.2) is 24.3 Å². The quantitative estimate of drug-likeness (QED) is 0.179. The molecule has 2 aromatic carbocycles. The highest BCUT2D eigenvalue weighted by molar-refractivity contribution is 7.95. The molecule has 0 radical (unpaired) electrons. The van der Waals surface area contributed by atoms with Gasteiger partial charge in [0.25, 0.3) is 0 Å². The Hall–Kier alpha value is -1.68. The Morgan fingerprint density at radius 3 is 1.53 bits per heavy atom. The van der Waals surface area contributed by atoms with Crippen molar-refractivity contribution in [3.63, 3.8) is 0 Å². The largest absolute Gasteiger partial charge is 0.415 e. The highest BCUT2D eigenvalue weighted by Gasteiger charge is 2.45. The molecule has 38 heavy (non-hydrogen) atoms. The van der Waals surface area contributed by atoms with Crippen LogP contribution in [0.2, 0.25) is 25.7 Å². The molecule has 0 saturated carbocycles. The maximum absolute atomic E-state index is 14.8. The third kappa shape index (κ3) is 7.49. The summed E-state index contributed by atoms with van der Waals surface area (Å²) in [6.07, 6.45) is 0.345. The van der Waals surface area contributed by atoms with Gasteiger partial charge >= 0.3 is 17.1 Å². The standard InChI is InChI=1S/C29H45O6PSi2/c1-12-34-38(11,35-37(9,10)33-8)15-13-14-36(32,28(30)26-22(4)16-20(2)17-23(26)5)29(31)27-24(6)18-21(3)19-25(27)7/h16-19H,12-15H2,1-11H3. The average molecular weight is 577 g/mol. The van der Waals surface area contributed by atoms with E-state index < -0.39 is 35.3 Å². The molecule has 9 heteroatoms. The predicted octanol–water partition coefficient (Wildman–Crippen LogP) is 7.74. The Labute approximate surface area is 231 Å². The van der Waals surface area contributed by atoms with E-state index in [2.05, 4.69) is 0 Å². The maximum atomic E-state index is 14.8. The van der Waals surface area contributed by atoms with Crippen LogP contribution in [0.4, 0.5) is 0 Å². The van der Waals surface area contributed by atoms with Crippen molar-refractivity contribution in [2.24, 2.45) is 0 Å². The van der Waals surface area contributed by atoms with Crippen molar-refractivity contribution in [1.29, 1.82) is 0 Å². The first-order chi connectivity index (χ1) is 17.5. The Balaban J connectivity index is 2.56. The lowest BCUT2D eigenvalue weighted by molar-refractivity contribution is 0.103. The molecule has 0 fully saturated rings. The molecule has 210 valence electrons. The lowest BCUT2D eigenvalue weighted by atomic mass is 10.0. The van der Waals surface area contributed by atoms with Gasteiger partial charge in [0, 0.05) is 31.0 Å². The number of carbonyl (C=O) groups is 2. The second-order valence-electron chi connectivity index (χ2n) is 11.0. The SMILES string of the molecule is CCO[Si](C)(CCCP(=O)(C(=O)c1c(C)cc(C)cc1C)C(=O)c1c(C)cc(C)cc1C)O[Si](C)(C)OC. The molecule has 0 heterocycles. The summed E-state index contributed by atoms with van der Waals surface area (Å²) in [5.74, 6) is 0. The van der Waals surface area contributed by atoms with Gasteiger partial charge < -0.3 is 17.5 Å². The Bertz CT molecular complexity index is 1140. The molecular weight excluding hydrogens is 531 g/mol. The van der Waals surface area contributed by atoms with Crippen LogP contribution in [0, 0.1) is 41.5 Å². The van der Waals surface area contributed by atoms with Crippen molar-refractivity contribution in [2.45, 2.75) is 80.6 Å². The second-order valence-corrected chi connectivity index (χ2v) is 20.8. The van der Waals surface area contributed by atoms with Crippen LogP contribution in [0.3, 0.4) is 0 Å². The topological polar surface area (TPSA) is 78.9 Å². The summed E-state index contributed by atoms with van der Waals surface area (Å²) in [5.41, 5.74) is 4.67. The van der Waals surface area contributed by atoms with Gasteiger partial charge in [-0.3, -0.25) is 9.59 Å². The molecular formula is C29H45O6PSi2. The van der Waals surface area contributed by atoms with Gasteiger partial charge in [-0.2, -0.15) is 0 Å². The van der Waals surface area contributed by atoms with Crippen molar-refractivity contribution in [3.8, 4) is 0 Å². The average Bonchev–Trinajstić information content (AvgIpc) is 2.77. The highest BCUT2D eigenvalue weighted by atomic mass is 31.2. The van der Waals surface area contributed by atoms with Gasteiger partial charge in [0.15, 0.2) is 0 Å². The van der Waals surface area contributed by atoms with E-state index in [1.54, 1.807) is 7.11 Å². The summed E-state index contributed by atoms with van der Waals surface area (Å²) in [4.78, 5) is 28.3. The summed E-state index contributed by atoms with van der Waals surface area (Å²) in [5, 5.41) is 0. The van der Waals surface area contributed by atoms with E-state index in [4.69, 9.17) is 13.0 Å². The van der Waals surface area contributed by atoms with Gasteiger partial charge in [-0.1, -0.05) is 35.4 Å². The van der Waals surface area contributed by atoms with E-state index in [0.717, 1.165) is 33.4 Å². The smallest absolute Gasteiger partial charge is 0.326 e. The molecule has 1 atom stereocenters. The number of benzene rings is 2. The zero-order valence-corrected chi connectivity index (χ0v) is 27.9. The first kappa shape index (κ1) is 32.5. The summed E-state index contributed by atoms with van der Waals surface area (Å²) >= 11 is 0. The van der Waals surface area contributed by atoms with Crippen molar-refractivity contribution in [3.05, 3.63) is 68.8 Å². The zero-order chi connectivity index (χ0) is 29.1. The highest BCUT2D eigenvalue weighted by Crippen LogP contribution is 2.54. The number of hydrogen-bond donors (Lipinski definition) is 0. The van der Waals surface area contributed by atoms with Gasteiger partial charge in [0.2, 0.25) is 18.2 Å². The number of rotatable bonds is 13. The first-order valence-electron chi connectivity index (χ1n) is 13.2. The molecule has 2 aromatic rings. The van der Waals surface area contributed by atoms with Gasteiger partial charge in [-0.15, -0.1) is 0 Å². The summed E-state index contributed by atoms with van der Waals surface area (Å²) in [6.45, 7) is 19.6.